The lowest BCUT2D eigenvalue weighted by Crippen LogP contribution is -2.23. The molecule has 0 saturated carbocycles. The second-order valence-corrected chi connectivity index (χ2v) is 3.91. The van der Waals surface area contributed by atoms with Crippen LogP contribution in [-0.4, -0.2) is 13.0 Å². The van der Waals surface area contributed by atoms with E-state index in [1.807, 2.05) is 6.07 Å². The number of halogens is 1. The van der Waals surface area contributed by atoms with E-state index in [1.54, 1.807) is 6.07 Å². The zero-order valence-electron chi connectivity index (χ0n) is 6.46. The Morgan fingerprint density at radius 1 is 1.75 bits per heavy atom. The Balaban J connectivity index is 2.46. The Hall–Kier alpha value is -0.580. The highest BCUT2D eigenvalue weighted by atomic mass is 35.5. The average molecular weight is 206 g/mol. The van der Waals surface area contributed by atoms with E-state index < -0.39 is 0 Å². The molecule has 0 spiro atoms. The molecule has 1 amide bonds. The smallest absolute Gasteiger partial charge is 0.248 e. The van der Waals surface area contributed by atoms with Gasteiger partial charge in [0.25, 0.3) is 0 Å². The van der Waals surface area contributed by atoms with Gasteiger partial charge in [-0.3, -0.25) is 9.63 Å². The summed E-state index contributed by atoms with van der Waals surface area (Å²) in [7, 11) is 1.40. The van der Waals surface area contributed by atoms with Gasteiger partial charge >= 0.3 is 0 Å². The fraction of sp³-hybridized carbons (Fsp3) is 0.286. The molecule has 0 atom stereocenters. The highest BCUT2D eigenvalue weighted by Gasteiger charge is 2.04. The maximum Gasteiger partial charge on any atom is 0.248 e. The molecule has 12 heavy (non-hydrogen) atoms. The standard InChI is InChI=1S/C7H8ClNO2S/c1-11-9-7(10)4-5-2-3-6(8)12-5/h2-3H,4H2,1H3,(H,9,10). The van der Waals surface area contributed by atoms with Crippen LogP contribution in [0, 0.1) is 0 Å². The van der Waals surface area contributed by atoms with E-state index in [0.717, 1.165) is 4.88 Å². The molecule has 0 bridgehead atoms. The van der Waals surface area contributed by atoms with Crippen molar-refractivity contribution in [3.63, 3.8) is 0 Å². The molecule has 0 saturated heterocycles. The minimum atomic E-state index is -0.170. The molecule has 0 aliphatic heterocycles. The fourth-order valence-corrected chi connectivity index (χ4v) is 1.84. The summed E-state index contributed by atoms with van der Waals surface area (Å²) in [6.45, 7) is 0. The van der Waals surface area contributed by atoms with Gasteiger partial charge in [-0.2, -0.15) is 0 Å². The number of carbonyl (C=O) groups excluding carboxylic acids is 1. The second-order valence-electron chi connectivity index (χ2n) is 2.11. The molecule has 1 rings (SSSR count). The molecule has 66 valence electrons. The monoisotopic (exact) mass is 205 g/mol. The zero-order chi connectivity index (χ0) is 8.97. The van der Waals surface area contributed by atoms with E-state index in [0.29, 0.717) is 10.8 Å². The number of hydrogen-bond acceptors (Lipinski definition) is 3. The van der Waals surface area contributed by atoms with Crippen LogP contribution in [0.2, 0.25) is 4.34 Å². The minimum Gasteiger partial charge on any atom is -0.277 e. The highest BCUT2D eigenvalue weighted by molar-refractivity contribution is 7.16. The van der Waals surface area contributed by atoms with Crippen molar-refractivity contribution in [1.82, 2.24) is 5.48 Å². The topological polar surface area (TPSA) is 38.3 Å². The van der Waals surface area contributed by atoms with Crippen molar-refractivity contribution in [2.45, 2.75) is 6.42 Å². The minimum absolute atomic E-state index is 0.170. The number of hydrogen-bond donors (Lipinski definition) is 1. The van der Waals surface area contributed by atoms with Gasteiger partial charge in [0.15, 0.2) is 0 Å². The first-order valence-corrected chi connectivity index (χ1v) is 4.48. The van der Waals surface area contributed by atoms with Crippen LogP contribution >= 0.6 is 22.9 Å². The molecule has 0 aliphatic carbocycles. The molecule has 0 fully saturated rings. The summed E-state index contributed by atoms with van der Waals surface area (Å²) in [5, 5.41) is 0. The SMILES string of the molecule is CONC(=O)Cc1ccc(Cl)s1. The average Bonchev–Trinajstić information content (AvgIpc) is 2.36. The lowest BCUT2D eigenvalue weighted by Gasteiger charge is -1.98. The lowest BCUT2D eigenvalue weighted by molar-refractivity contribution is -0.130. The Kier molecular flexibility index (Phi) is 3.52. The van der Waals surface area contributed by atoms with E-state index in [2.05, 4.69) is 10.3 Å². The molecule has 1 aromatic heterocycles. The van der Waals surface area contributed by atoms with Crippen molar-refractivity contribution in [1.29, 1.82) is 0 Å². The predicted molar refractivity (Wildman–Crippen MR) is 48.2 cm³/mol. The maximum absolute atomic E-state index is 10.9. The predicted octanol–water partition coefficient (Wildman–Crippen LogP) is 1.62. The van der Waals surface area contributed by atoms with Crippen molar-refractivity contribution in [3.8, 4) is 0 Å². The summed E-state index contributed by atoms with van der Waals surface area (Å²) in [4.78, 5) is 16.3. The van der Waals surface area contributed by atoms with E-state index in [-0.39, 0.29) is 5.91 Å². The van der Waals surface area contributed by atoms with Gasteiger partial charge in [-0.05, 0) is 12.1 Å². The fourth-order valence-electron chi connectivity index (χ4n) is 0.755. The molecule has 0 aromatic carbocycles. The first-order chi connectivity index (χ1) is 5.72. The number of nitrogens with one attached hydrogen (secondary N) is 1. The normalized spacial score (nSPS) is 9.83. The molecule has 1 heterocycles. The molecule has 5 heteroatoms. The van der Waals surface area contributed by atoms with Gasteiger partial charge in [-0.1, -0.05) is 11.6 Å². The Morgan fingerprint density at radius 2 is 2.50 bits per heavy atom. The lowest BCUT2D eigenvalue weighted by atomic mass is 10.3. The van der Waals surface area contributed by atoms with Gasteiger partial charge in [-0.25, -0.2) is 5.48 Å². The summed E-state index contributed by atoms with van der Waals surface area (Å²) in [5.41, 5.74) is 2.23. The molecule has 0 unspecified atom stereocenters. The van der Waals surface area contributed by atoms with Crippen molar-refractivity contribution < 1.29 is 9.63 Å². The third-order valence-corrected chi connectivity index (χ3v) is 2.41. The van der Waals surface area contributed by atoms with Gasteiger partial charge in [0.05, 0.1) is 17.9 Å². The maximum atomic E-state index is 10.9. The zero-order valence-corrected chi connectivity index (χ0v) is 8.04. The summed E-state index contributed by atoms with van der Waals surface area (Å²) in [5.74, 6) is -0.170. The second kappa shape index (κ2) is 4.45. The summed E-state index contributed by atoms with van der Waals surface area (Å²) in [6, 6.07) is 3.59. The largest absolute Gasteiger partial charge is 0.277 e. The van der Waals surface area contributed by atoms with Gasteiger partial charge in [-0.15, -0.1) is 11.3 Å². The number of amides is 1. The first-order valence-electron chi connectivity index (χ1n) is 3.28. The van der Waals surface area contributed by atoms with Gasteiger partial charge in [0.2, 0.25) is 5.91 Å². The van der Waals surface area contributed by atoms with Crippen molar-refractivity contribution in [3.05, 3.63) is 21.3 Å². The van der Waals surface area contributed by atoms with Crippen LogP contribution in [-0.2, 0) is 16.1 Å². The number of rotatable bonds is 3. The quantitative estimate of drug-likeness (QED) is 0.762. The van der Waals surface area contributed by atoms with Gasteiger partial charge in [0.1, 0.15) is 0 Å². The first kappa shape index (κ1) is 9.51. The van der Waals surface area contributed by atoms with Crippen LogP contribution in [0.3, 0.4) is 0 Å². The van der Waals surface area contributed by atoms with Crippen LogP contribution in [0.1, 0.15) is 4.88 Å². The van der Waals surface area contributed by atoms with Crippen LogP contribution in [0.4, 0.5) is 0 Å². The number of hydroxylamine groups is 1. The van der Waals surface area contributed by atoms with E-state index in [9.17, 15) is 4.79 Å². The molecule has 0 radical (unpaired) electrons. The number of carbonyl (C=O) groups is 1. The Labute approximate surface area is 79.2 Å². The third kappa shape index (κ3) is 2.81. The molecular weight excluding hydrogens is 198 g/mol. The van der Waals surface area contributed by atoms with Crippen LogP contribution in [0.5, 0.6) is 0 Å². The van der Waals surface area contributed by atoms with Crippen LogP contribution in [0.25, 0.3) is 0 Å². The third-order valence-electron chi connectivity index (χ3n) is 1.18. The Morgan fingerprint density at radius 3 is 3.00 bits per heavy atom. The van der Waals surface area contributed by atoms with E-state index >= 15 is 0 Å². The van der Waals surface area contributed by atoms with E-state index in [1.165, 1.54) is 18.4 Å². The van der Waals surface area contributed by atoms with Crippen LogP contribution in [0.15, 0.2) is 12.1 Å². The molecule has 3 nitrogen and oxygen atoms in total. The van der Waals surface area contributed by atoms with Gasteiger partial charge in [0, 0.05) is 4.88 Å². The van der Waals surface area contributed by atoms with Crippen molar-refractivity contribution in [2.75, 3.05) is 7.11 Å². The molecular formula is C7H8ClNO2S. The summed E-state index contributed by atoms with van der Waals surface area (Å²) in [6.07, 6.45) is 0.311. The highest BCUT2D eigenvalue weighted by Crippen LogP contribution is 2.21. The number of thiophene rings is 1. The molecule has 0 aliphatic rings. The van der Waals surface area contributed by atoms with Crippen molar-refractivity contribution in [2.24, 2.45) is 0 Å². The van der Waals surface area contributed by atoms with Crippen LogP contribution < -0.4 is 5.48 Å². The summed E-state index contributed by atoms with van der Waals surface area (Å²) >= 11 is 7.07. The molecule has 1 N–H and O–H groups in total. The van der Waals surface area contributed by atoms with E-state index in [4.69, 9.17) is 11.6 Å². The van der Waals surface area contributed by atoms with Gasteiger partial charge < -0.3 is 0 Å². The van der Waals surface area contributed by atoms with Crippen molar-refractivity contribution >= 4 is 28.8 Å². The molecule has 1 aromatic rings. The Bertz CT molecular complexity index is 274. The summed E-state index contributed by atoms with van der Waals surface area (Å²) < 4.78 is 0.690.